The highest BCUT2D eigenvalue weighted by atomic mass is 16.5. The van der Waals surface area contributed by atoms with Crippen molar-refractivity contribution in [2.45, 2.75) is 47.0 Å². The summed E-state index contributed by atoms with van der Waals surface area (Å²) in [6, 6.07) is 11.0. The fraction of sp³-hybridized carbons (Fsp3) is 0.345. The number of primary amides is 1. The summed E-state index contributed by atoms with van der Waals surface area (Å²) in [6.45, 7) is 9.12. The number of aryl methyl sites for hydroxylation is 2. The van der Waals surface area contributed by atoms with Crippen molar-refractivity contribution in [2.75, 3.05) is 19.7 Å². The van der Waals surface area contributed by atoms with Crippen LogP contribution in [0.2, 0.25) is 0 Å². The number of nitrogens with one attached hydrogen (secondary N) is 1. The van der Waals surface area contributed by atoms with Gasteiger partial charge >= 0.3 is 5.63 Å². The molecule has 7 heteroatoms. The van der Waals surface area contributed by atoms with E-state index in [1.807, 2.05) is 58.0 Å². The van der Waals surface area contributed by atoms with E-state index in [4.69, 9.17) is 14.9 Å². The van der Waals surface area contributed by atoms with Crippen molar-refractivity contribution in [1.82, 2.24) is 5.32 Å². The van der Waals surface area contributed by atoms with E-state index in [1.165, 1.54) is 5.57 Å². The molecule has 7 nitrogen and oxygen atoms in total. The first-order valence-electron chi connectivity index (χ1n) is 12.1. The lowest BCUT2D eigenvalue weighted by Crippen LogP contribution is -2.29. The summed E-state index contributed by atoms with van der Waals surface area (Å²) in [5.74, 6) is 0.0927. The number of allylic oxidation sites excluding steroid dienone is 2. The summed E-state index contributed by atoms with van der Waals surface area (Å²) in [5.41, 5.74) is 10.1. The standard InChI is InChI=1S/C29H34N2O5/c1-18(2)6-8-21-14-22(9-7-19(21)3)25(32)16-24-15-23-10-11-26(20(4)28(23)36-29(24)34)35-13-5-12-31-17-27(30)33/h6-7,9-11,14-15,31H,5,8,12-13,16-17H2,1-4H3,(H2,30,33). The van der Waals surface area contributed by atoms with Gasteiger partial charge in [0.1, 0.15) is 11.3 Å². The van der Waals surface area contributed by atoms with Crippen LogP contribution in [0.3, 0.4) is 0 Å². The molecule has 0 aliphatic heterocycles. The van der Waals surface area contributed by atoms with Crippen molar-refractivity contribution >= 4 is 22.7 Å². The Morgan fingerprint density at radius 1 is 1.08 bits per heavy atom. The van der Waals surface area contributed by atoms with Crippen molar-refractivity contribution in [3.8, 4) is 5.75 Å². The smallest absolute Gasteiger partial charge is 0.339 e. The lowest BCUT2D eigenvalue weighted by Gasteiger charge is -2.11. The third kappa shape index (κ3) is 7.15. The second-order valence-corrected chi connectivity index (χ2v) is 9.24. The van der Waals surface area contributed by atoms with Gasteiger partial charge in [0, 0.05) is 28.5 Å². The molecule has 0 saturated heterocycles. The number of Topliss-reactive ketones (excluding diaryl/α,β-unsaturated/α-hetero) is 1. The number of nitrogens with two attached hydrogens (primary N) is 1. The van der Waals surface area contributed by atoms with Gasteiger partial charge in [0.05, 0.1) is 13.2 Å². The Morgan fingerprint density at radius 3 is 2.58 bits per heavy atom. The van der Waals surface area contributed by atoms with Crippen LogP contribution in [0.1, 0.15) is 52.9 Å². The van der Waals surface area contributed by atoms with Crippen molar-refractivity contribution in [1.29, 1.82) is 0 Å². The monoisotopic (exact) mass is 490 g/mol. The van der Waals surface area contributed by atoms with Crippen molar-refractivity contribution in [3.05, 3.63) is 86.3 Å². The van der Waals surface area contributed by atoms with Gasteiger partial charge in [-0.2, -0.15) is 0 Å². The zero-order valence-electron chi connectivity index (χ0n) is 21.4. The first kappa shape index (κ1) is 26.9. The second-order valence-electron chi connectivity index (χ2n) is 9.24. The van der Waals surface area contributed by atoms with E-state index >= 15 is 0 Å². The average molecular weight is 491 g/mol. The van der Waals surface area contributed by atoms with E-state index in [0.717, 1.165) is 28.5 Å². The fourth-order valence-electron chi connectivity index (χ4n) is 3.87. The molecule has 0 radical (unpaired) electrons. The molecule has 0 atom stereocenters. The highest BCUT2D eigenvalue weighted by molar-refractivity contribution is 5.98. The van der Waals surface area contributed by atoms with E-state index in [0.29, 0.717) is 42.0 Å². The Bertz CT molecular complexity index is 1350. The van der Waals surface area contributed by atoms with E-state index in [-0.39, 0.29) is 18.7 Å². The van der Waals surface area contributed by atoms with Gasteiger partial charge in [0.25, 0.3) is 0 Å². The van der Waals surface area contributed by atoms with Gasteiger partial charge in [-0.15, -0.1) is 0 Å². The number of carbonyl (C=O) groups excluding carboxylic acids is 2. The van der Waals surface area contributed by atoms with Crippen molar-refractivity contribution < 1.29 is 18.7 Å². The SMILES string of the molecule is CC(C)=CCc1cc(C(=O)Cc2cc3ccc(OCCCNCC(N)=O)c(C)c3oc2=O)ccc1C. The summed E-state index contributed by atoms with van der Waals surface area (Å²) in [7, 11) is 0. The third-order valence-corrected chi connectivity index (χ3v) is 5.98. The molecule has 36 heavy (non-hydrogen) atoms. The van der Waals surface area contributed by atoms with Gasteiger partial charge in [-0.05, 0) is 82.5 Å². The molecule has 0 spiro atoms. The Hall–Kier alpha value is -3.71. The minimum atomic E-state index is -0.524. The summed E-state index contributed by atoms with van der Waals surface area (Å²) in [4.78, 5) is 36.5. The summed E-state index contributed by atoms with van der Waals surface area (Å²) in [5, 5.41) is 3.66. The van der Waals surface area contributed by atoms with Crippen LogP contribution in [0.5, 0.6) is 5.75 Å². The number of benzene rings is 2. The number of hydrogen-bond donors (Lipinski definition) is 2. The minimum Gasteiger partial charge on any atom is -0.493 e. The number of fused-ring (bicyclic) bond motifs is 1. The van der Waals surface area contributed by atoms with Crippen molar-refractivity contribution in [3.63, 3.8) is 0 Å². The van der Waals surface area contributed by atoms with Gasteiger partial charge in [0.15, 0.2) is 5.78 Å². The summed E-state index contributed by atoms with van der Waals surface area (Å²) < 4.78 is 11.4. The third-order valence-electron chi connectivity index (χ3n) is 5.98. The molecular weight excluding hydrogens is 456 g/mol. The van der Waals surface area contributed by atoms with E-state index in [9.17, 15) is 14.4 Å². The maximum Gasteiger partial charge on any atom is 0.339 e. The topological polar surface area (TPSA) is 112 Å². The van der Waals surface area contributed by atoms with Crippen LogP contribution in [-0.2, 0) is 17.6 Å². The molecule has 1 heterocycles. The van der Waals surface area contributed by atoms with Crippen LogP contribution in [-0.4, -0.2) is 31.4 Å². The average Bonchev–Trinajstić information content (AvgIpc) is 2.82. The van der Waals surface area contributed by atoms with Crippen LogP contribution in [0.4, 0.5) is 0 Å². The lowest BCUT2D eigenvalue weighted by atomic mass is 9.97. The normalized spacial score (nSPS) is 10.9. The zero-order valence-corrected chi connectivity index (χ0v) is 21.4. The number of amides is 1. The van der Waals surface area contributed by atoms with Gasteiger partial charge in [-0.1, -0.05) is 23.8 Å². The predicted molar refractivity (Wildman–Crippen MR) is 142 cm³/mol. The molecule has 0 aliphatic rings. The molecule has 1 aromatic heterocycles. The van der Waals surface area contributed by atoms with Crippen LogP contribution in [0.15, 0.2) is 57.3 Å². The molecule has 3 rings (SSSR count). The van der Waals surface area contributed by atoms with Crippen LogP contribution in [0, 0.1) is 13.8 Å². The Labute approximate surface area is 211 Å². The number of rotatable bonds is 12. The molecule has 0 fully saturated rings. The predicted octanol–water partition coefficient (Wildman–Crippen LogP) is 4.19. The highest BCUT2D eigenvalue weighted by Crippen LogP contribution is 2.27. The first-order valence-corrected chi connectivity index (χ1v) is 12.1. The van der Waals surface area contributed by atoms with Crippen molar-refractivity contribution in [2.24, 2.45) is 5.73 Å². The molecule has 0 bridgehead atoms. The molecule has 0 saturated carbocycles. The summed E-state index contributed by atoms with van der Waals surface area (Å²) in [6.07, 6.45) is 3.56. The lowest BCUT2D eigenvalue weighted by molar-refractivity contribution is -0.117. The van der Waals surface area contributed by atoms with Gasteiger partial charge in [-0.25, -0.2) is 4.79 Å². The van der Waals surface area contributed by atoms with E-state index in [2.05, 4.69) is 11.4 Å². The van der Waals surface area contributed by atoms with Gasteiger partial charge in [-0.3, -0.25) is 9.59 Å². The largest absolute Gasteiger partial charge is 0.493 e. The maximum absolute atomic E-state index is 13.0. The zero-order chi connectivity index (χ0) is 26.2. The maximum atomic E-state index is 13.0. The van der Waals surface area contributed by atoms with Gasteiger partial charge in [0.2, 0.25) is 5.91 Å². The molecule has 3 aromatic rings. The molecule has 0 unspecified atom stereocenters. The second kappa shape index (κ2) is 12.3. The highest BCUT2D eigenvalue weighted by Gasteiger charge is 2.15. The number of carbonyl (C=O) groups is 2. The van der Waals surface area contributed by atoms with Crippen LogP contribution < -0.4 is 21.4 Å². The Balaban J connectivity index is 1.73. The molecule has 1 amide bonds. The molecule has 3 N–H and O–H groups in total. The van der Waals surface area contributed by atoms with Crippen LogP contribution >= 0.6 is 0 Å². The number of ketones is 1. The van der Waals surface area contributed by atoms with Gasteiger partial charge < -0.3 is 20.2 Å². The molecular formula is C29H34N2O5. The quantitative estimate of drug-likeness (QED) is 0.170. The Kier molecular flexibility index (Phi) is 9.19. The van der Waals surface area contributed by atoms with E-state index < -0.39 is 11.5 Å². The number of ether oxygens (including phenoxy) is 1. The first-order chi connectivity index (χ1) is 17.2. The summed E-state index contributed by atoms with van der Waals surface area (Å²) >= 11 is 0. The van der Waals surface area contributed by atoms with E-state index in [1.54, 1.807) is 6.07 Å². The molecule has 0 aliphatic carbocycles. The Morgan fingerprint density at radius 2 is 1.86 bits per heavy atom. The van der Waals surface area contributed by atoms with Crippen LogP contribution in [0.25, 0.3) is 11.0 Å². The molecule has 2 aromatic carbocycles. The fourth-order valence-corrected chi connectivity index (χ4v) is 3.87. The number of hydrogen-bond acceptors (Lipinski definition) is 6. The molecule has 190 valence electrons. The minimum absolute atomic E-state index is 0.0287.